The van der Waals surface area contributed by atoms with Crippen molar-refractivity contribution < 1.29 is 4.79 Å². The molecule has 0 saturated carbocycles. The van der Waals surface area contributed by atoms with Crippen molar-refractivity contribution in [3.63, 3.8) is 0 Å². The molecule has 0 radical (unpaired) electrons. The van der Waals surface area contributed by atoms with Gasteiger partial charge in [-0.05, 0) is 13.8 Å². The lowest BCUT2D eigenvalue weighted by Gasteiger charge is -1.99. The highest BCUT2D eigenvalue weighted by atomic mass is 16.2. The van der Waals surface area contributed by atoms with E-state index in [0.717, 1.165) is 0 Å². The van der Waals surface area contributed by atoms with Crippen LogP contribution in [0.25, 0.3) is 0 Å². The fourth-order valence-corrected chi connectivity index (χ4v) is 0.581. The van der Waals surface area contributed by atoms with E-state index in [1.807, 2.05) is 18.7 Å². The maximum Gasteiger partial charge on any atom is 0.242 e. The number of hydrogen-bond donors (Lipinski definition) is 0. The minimum Gasteiger partial charge on any atom is -0.329 e. The molecule has 0 aromatic carbocycles. The Hall–Kier alpha value is -0.530. The molecule has 2 nitrogen and oxygen atoms in total. The van der Waals surface area contributed by atoms with Gasteiger partial charge in [0.05, 0.1) is 0 Å². The first-order valence-corrected chi connectivity index (χ1v) is 2.51. The van der Waals surface area contributed by atoms with Gasteiger partial charge in [0.25, 0.3) is 0 Å². The van der Waals surface area contributed by atoms with Crippen LogP contribution in [0.5, 0.6) is 0 Å². The Kier molecular flexibility index (Phi) is 0.805. The maximum atomic E-state index is 10.3. The lowest BCUT2D eigenvalue weighted by Crippen LogP contribution is -2.08. The quantitative estimate of drug-likeness (QED) is 0.431. The highest BCUT2D eigenvalue weighted by molar-refractivity contribution is 5.92. The lowest BCUT2D eigenvalue weighted by molar-refractivity contribution is -0.114. The molecule has 1 amide bonds. The van der Waals surface area contributed by atoms with Gasteiger partial charge in [-0.1, -0.05) is 0 Å². The summed E-state index contributed by atoms with van der Waals surface area (Å²) in [6, 6.07) is 0.424. The zero-order valence-electron chi connectivity index (χ0n) is 4.64. The molecular weight excluding hydrogens is 90.1 g/mol. The van der Waals surface area contributed by atoms with E-state index in [0.29, 0.717) is 12.6 Å². The predicted octanol–water partition coefficient (Wildman–Crippen LogP) is 0.237. The van der Waals surface area contributed by atoms with Crippen molar-refractivity contribution in [3.05, 3.63) is 0 Å². The molecule has 7 heavy (non-hydrogen) atoms. The molecule has 0 spiro atoms. The molecule has 0 unspecified atom stereocenters. The van der Waals surface area contributed by atoms with E-state index in [2.05, 4.69) is 0 Å². The van der Waals surface area contributed by atoms with Gasteiger partial charge in [-0.3, -0.25) is 4.79 Å². The smallest absolute Gasteiger partial charge is 0.242 e. The van der Waals surface area contributed by atoms with E-state index in [1.165, 1.54) is 0 Å². The molecule has 40 valence electrons. The summed E-state index contributed by atoms with van der Waals surface area (Å²) >= 11 is 0. The van der Waals surface area contributed by atoms with E-state index in [9.17, 15) is 4.79 Å². The topological polar surface area (TPSA) is 20.1 Å². The van der Waals surface area contributed by atoms with Crippen LogP contribution >= 0.6 is 0 Å². The summed E-state index contributed by atoms with van der Waals surface area (Å²) in [6.07, 6.45) is 0. The van der Waals surface area contributed by atoms with Crippen molar-refractivity contribution in [2.24, 2.45) is 0 Å². The van der Waals surface area contributed by atoms with Crippen LogP contribution < -0.4 is 0 Å². The van der Waals surface area contributed by atoms with E-state index in [-0.39, 0.29) is 5.91 Å². The molecule has 0 aromatic rings. The molecule has 1 saturated heterocycles. The molecule has 0 atom stereocenters. The van der Waals surface area contributed by atoms with Gasteiger partial charge in [0, 0.05) is 6.04 Å². The van der Waals surface area contributed by atoms with Gasteiger partial charge < -0.3 is 4.90 Å². The summed E-state index contributed by atoms with van der Waals surface area (Å²) in [4.78, 5) is 12.1. The number of rotatable bonds is 1. The third-order valence-electron chi connectivity index (χ3n) is 1.15. The fourth-order valence-electron chi connectivity index (χ4n) is 0.581. The fraction of sp³-hybridized carbons (Fsp3) is 0.800. The average molecular weight is 99.1 g/mol. The Morgan fingerprint density at radius 3 is 2.14 bits per heavy atom. The Morgan fingerprint density at radius 1 is 1.71 bits per heavy atom. The number of carbonyl (C=O) groups is 1. The zero-order chi connectivity index (χ0) is 5.44. The van der Waals surface area contributed by atoms with Gasteiger partial charge in [0.2, 0.25) is 5.91 Å². The minimum atomic E-state index is 0.287. The summed E-state index contributed by atoms with van der Waals surface area (Å²) in [5.41, 5.74) is 0. The minimum absolute atomic E-state index is 0.287. The van der Waals surface area contributed by atoms with Crippen molar-refractivity contribution in [2.75, 3.05) is 6.54 Å². The van der Waals surface area contributed by atoms with Crippen molar-refractivity contribution in [1.82, 2.24) is 4.90 Å². The first-order chi connectivity index (χ1) is 3.22. The van der Waals surface area contributed by atoms with Crippen LogP contribution in [0.3, 0.4) is 0 Å². The second-order valence-electron chi connectivity index (χ2n) is 2.12. The first-order valence-electron chi connectivity index (χ1n) is 2.51. The lowest BCUT2D eigenvalue weighted by atomic mass is 10.4. The third kappa shape index (κ3) is 0.734. The van der Waals surface area contributed by atoms with Crippen LogP contribution in [0, 0.1) is 0 Å². The van der Waals surface area contributed by atoms with Crippen molar-refractivity contribution >= 4 is 5.91 Å². The zero-order valence-corrected chi connectivity index (χ0v) is 4.64. The number of hydrogen-bond acceptors (Lipinski definition) is 1. The molecule has 1 aliphatic heterocycles. The van der Waals surface area contributed by atoms with Crippen LogP contribution in [0.2, 0.25) is 0 Å². The standard InChI is InChI=1S/C5H9NO/c1-4(2)6-3-5(6)7/h4H,3H2,1-2H3. The average Bonchev–Trinajstić information content (AvgIpc) is 2.17. The van der Waals surface area contributed by atoms with Crippen LogP contribution in [0.4, 0.5) is 0 Å². The summed E-state index contributed by atoms with van der Waals surface area (Å²) < 4.78 is 0. The third-order valence-corrected chi connectivity index (χ3v) is 1.15. The molecule has 1 heterocycles. The highest BCUT2D eigenvalue weighted by Crippen LogP contribution is 2.10. The molecule has 2 heteroatoms. The summed E-state index contributed by atoms with van der Waals surface area (Å²) in [6.45, 7) is 4.72. The number of nitrogens with zero attached hydrogens (tertiary/aromatic N) is 1. The molecule has 1 fully saturated rings. The first kappa shape index (κ1) is 4.62. The Bertz CT molecular complexity index is 98.3. The monoisotopic (exact) mass is 99.1 g/mol. The van der Waals surface area contributed by atoms with Crippen LogP contribution in [-0.2, 0) is 4.79 Å². The van der Waals surface area contributed by atoms with Gasteiger partial charge in [0.15, 0.2) is 0 Å². The maximum absolute atomic E-state index is 10.3. The predicted molar refractivity (Wildman–Crippen MR) is 26.8 cm³/mol. The molecule has 0 N–H and O–H groups in total. The van der Waals surface area contributed by atoms with E-state index < -0.39 is 0 Å². The highest BCUT2D eigenvalue weighted by Gasteiger charge is 2.31. The molecule has 0 bridgehead atoms. The van der Waals surface area contributed by atoms with Gasteiger partial charge in [-0.15, -0.1) is 0 Å². The summed E-state index contributed by atoms with van der Waals surface area (Å²) in [7, 11) is 0. The van der Waals surface area contributed by atoms with Crippen molar-refractivity contribution in [1.29, 1.82) is 0 Å². The number of amides is 1. The largest absolute Gasteiger partial charge is 0.329 e. The second-order valence-corrected chi connectivity index (χ2v) is 2.12. The Labute approximate surface area is 43.1 Å². The van der Waals surface area contributed by atoms with E-state index >= 15 is 0 Å². The van der Waals surface area contributed by atoms with Crippen molar-refractivity contribution in [3.8, 4) is 0 Å². The van der Waals surface area contributed by atoms with Gasteiger partial charge in [0.1, 0.15) is 6.54 Å². The van der Waals surface area contributed by atoms with Crippen molar-refractivity contribution in [2.45, 2.75) is 19.9 Å². The molecule has 0 aromatic heterocycles. The SMILES string of the molecule is CC(C)N1CC1=O. The molecule has 1 rings (SSSR count). The molecular formula is C5H9NO. The van der Waals surface area contributed by atoms with Gasteiger partial charge in [-0.25, -0.2) is 0 Å². The number of carbonyl (C=O) groups excluding carboxylic acids is 1. The van der Waals surface area contributed by atoms with E-state index in [4.69, 9.17) is 0 Å². The van der Waals surface area contributed by atoms with Gasteiger partial charge >= 0.3 is 0 Å². The Morgan fingerprint density at radius 2 is 2.14 bits per heavy atom. The normalized spacial score (nSPS) is 18.7. The summed E-state index contributed by atoms with van der Waals surface area (Å²) in [5, 5.41) is 0. The molecule has 1 aliphatic rings. The molecule has 0 aliphatic carbocycles. The van der Waals surface area contributed by atoms with Crippen LogP contribution in [0.1, 0.15) is 13.8 Å². The van der Waals surface area contributed by atoms with Crippen LogP contribution in [0.15, 0.2) is 0 Å². The summed E-state index contributed by atoms with van der Waals surface area (Å²) in [5.74, 6) is 0.287. The second kappa shape index (κ2) is 1.22. The van der Waals surface area contributed by atoms with Crippen LogP contribution in [-0.4, -0.2) is 23.4 Å². The van der Waals surface area contributed by atoms with E-state index in [1.54, 1.807) is 0 Å². The van der Waals surface area contributed by atoms with Gasteiger partial charge in [-0.2, -0.15) is 0 Å². The Balaban J connectivity index is 2.33.